The Kier molecular flexibility index (Phi) is 2.80. The molecule has 0 aliphatic carbocycles. The van der Waals surface area contributed by atoms with Gasteiger partial charge in [-0.2, -0.15) is 0 Å². The fourth-order valence-corrected chi connectivity index (χ4v) is 1.35. The number of hydrogen-bond acceptors (Lipinski definition) is 1. The highest BCUT2D eigenvalue weighted by Crippen LogP contribution is 2.23. The summed E-state index contributed by atoms with van der Waals surface area (Å²) in [7, 11) is 0. The first-order valence-corrected chi connectivity index (χ1v) is 4.21. The van der Waals surface area contributed by atoms with Gasteiger partial charge in [0.05, 0.1) is 4.47 Å². The number of nitrogens with two attached hydrogens (primary N) is 1. The van der Waals surface area contributed by atoms with Crippen LogP contribution in [0.15, 0.2) is 16.6 Å². The van der Waals surface area contributed by atoms with E-state index < -0.39 is 17.7 Å². The van der Waals surface area contributed by atoms with Crippen molar-refractivity contribution < 1.29 is 8.78 Å². The molecular formula is C8H8BrF2N. The molecule has 0 saturated carbocycles. The molecule has 66 valence electrons. The molecule has 1 rings (SSSR count). The molecule has 1 nitrogen and oxygen atoms in total. The lowest BCUT2D eigenvalue weighted by molar-refractivity contribution is 0.566. The van der Waals surface area contributed by atoms with Crippen molar-refractivity contribution in [2.75, 3.05) is 0 Å². The lowest BCUT2D eigenvalue weighted by Crippen LogP contribution is -2.08. The van der Waals surface area contributed by atoms with Crippen molar-refractivity contribution in [2.24, 2.45) is 5.73 Å². The average Bonchev–Trinajstić information content (AvgIpc) is 1.96. The summed E-state index contributed by atoms with van der Waals surface area (Å²) in [5, 5.41) is 0. The van der Waals surface area contributed by atoms with E-state index in [9.17, 15) is 8.78 Å². The normalized spacial score (nSPS) is 13.1. The maximum absolute atomic E-state index is 13.1. The minimum absolute atomic E-state index is 0.106. The molecule has 0 fully saturated rings. The van der Waals surface area contributed by atoms with E-state index in [0.29, 0.717) is 0 Å². The maximum atomic E-state index is 13.1. The molecule has 0 radical (unpaired) electrons. The summed E-state index contributed by atoms with van der Waals surface area (Å²) in [5.74, 6) is -0.984. The molecule has 12 heavy (non-hydrogen) atoms. The Morgan fingerprint density at radius 2 is 2.00 bits per heavy atom. The third-order valence-electron chi connectivity index (χ3n) is 1.51. The Balaban J connectivity index is 3.28. The highest BCUT2D eigenvalue weighted by molar-refractivity contribution is 9.10. The Morgan fingerprint density at radius 3 is 2.50 bits per heavy atom. The Labute approximate surface area is 77.7 Å². The number of rotatable bonds is 1. The quantitative estimate of drug-likeness (QED) is 0.745. The molecule has 2 N–H and O–H groups in total. The van der Waals surface area contributed by atoms with Crippen LogP contribution in [0.2, 0.25) is 0 Å². The third kappa shape index (κ3) is 1.81. The van der Waals surface area contributed by atoms with Crippen molar-refractivity contribution in [3.05, 3.63) is 33.8 Å². The fourth-order valence-electron chi connectivity index (χ4n) is 0.907. The second-order valence-electron chi connectivity index (χ2n) is 2.58. The van der Waals surface area contributed by atoms with Crippen molar-refractivity contribution in [3.8, 4) is 0 Å². The molecule has 0 heterocycles. The number of hydrogen-bond donors (Lipinski definition) is 1. The average molecular weight is 236 g/mol. The maximum Gasteiger partial charge on any atom is 0.142 e. The molecule has 0 spiro atoms. The van der Waals surface area contributed by atoms with Crippen LogP contribution < -0.4 is 5.73 Å². The predicted molar refractivity (Wildman–Crippen MR) is 46.7 cm³/mol. The van der Waals surface area contributed by atoms with Gasteiger partial charge in [0.15, 0.2) is 0 Å². The molecule has 0 aromatic heterocycles. The number of halogens is 3. The van der Waals surface area contributed by atoms with Gasteiger partial charge < -0.3 is 5.73 Å². The first-order valence-electron chi connectivity index (χ1n) is 3.42. The molecule has 1 aromatic rings. The first-order chi connectivity index (χ1) is 5.52. The lowest BCUT2D eigenvalue weighted by atomic mass is 10.1. The van der Waals surface area contributed by atoms with E-state index in [0.717, 1.165) is 12.1 Å². The predicted octanol–water partition coefficient (Wildman–Crippen LogP) is 2.75. The lowest BCUT2D eigenvalue weighted by Gasteiger charge is -2.08. The summed E-state index contributed by atoms with van der Waals surface area (Å²) < 4.78 is 26.0. The van der Waals surface area contributed by atoms with Gasteiger partial charge in [-0.3, -0.25) is 0 Å². The largest absolute Gasteiger partial charge is 0.324 e. The molecule has 4 heteroatoms. The van der Waals surface area contributed by atoms with Gasteiger partial charge in [-0.25, -0.2) is 8.78 Å². The van der Waals surface area contributed by atoms with Crippen molar-refractivity contribution in [3.63, 3.8) is 0 Å². The van der Waals surface area contributed by atoms with Crippen LogP contribution in [0, 0.1) is 11.6 Å². The third-order valence-corrected chi connectivity index (χ3v) is 2.09. The molecule has 0 amide bonds. The van der Waals surface area contributed by atoms with E-state index in [4.69, 9.17) is 5.73 Å². The van der Waals surface area contributed by atoms with Gasteiger partial charge in [-0.1, -0.05) is 0 Å². The van der Waals surface area contributed by atoms with E-state index in [1.165, 1.54) is 0 Å². The Bertz CT molecular complexity index is 299. The fraction of sp³-hybridized carbons (Fsp3) is 0.250. The van der Waals surface area contributed by atoms with Crippen LogP contribution in [0.25, 0.3) is 0 Å². The highest BCUT2D eigenvalue weighted by Gasteiger charge is 2.11. The van der Waals surface area contributed by atoms with Crippen LogP contribution in [-0.4, -0.2) is 0 Å². The van der Waals surface area contributed by atoms with Gasteiger partial charge in [-0.05, 0) is 35.0 Å². The van der Waals surface area contributed by atoms with E-state index >= 15 is 0 Å². The molecule has 0 bridgehead atoms. The molecule has 1 atom stereocenters. The van der Waals surface area contributed by atoms with E-state index in [1.54, 1.807) is 6.92 Å². The first kappa shape index (κ1) is 9.61. The van der Waals surface area contributed by atoms with Crippen LogP contribution in [-0.2, 0) is 0 Å². The second kappa shape index (κ2) is 3.49. The van der Waals surface area contributed by atoms with Gasteiger partial charge in [-0.15, -0.1) is 0 Å². The SMILES string of the molecule is CC(N)c1cc(F)cc(Br)c1F. The van der Waals surface area contributed by atoms with Gasteiger partial charge in [0.25, 0.3) is 0 Å². The van der Waals surface area contributed by atoms with Crippen LogP contribution >= 0.6 is 15.9 Å². The molecule has 0 saturated heterocycles. The Hall–Kier alpha value is -0.480. The molecule has 1 unspecified atom stereocenters. The van der Waals surface area contributed by atoms with Crippen molar-refractivity contribution in [1.82, 2.24) is 0 Å². The van der Waals surface area contributed by atoms with Gasteiger partial charge in [0.2, 0.25) is 0 Å². The monoisotopic (exact) mass is 235 g/mol. The molecule has 1 aromatic carbocycles. The summed E-state index contributed by atoms with van der Waals surface area (Å²) in [4.78, 5) is 0. The summed E-state index contributed by atoms with van der Waals surface area (Å²) in [6, 6.07) is 1.67. The van der Waals surface area contributed by atoms with E-state index in [-0.39, 0.29) is 10.0 Å². The van der Waals surface area contributed by atoms with Crippen LogP contribution in [0.5, 0.6) is 0 Å². The van der Waals surface area contributed by atoms with Crippen molar-refractivity contribution >= 4 is 15.9 Å². The summed E-state index contributed by atoms with van der Waals surface area (Å²) in [5.41, 5.74) is 5.61. The molecular weight excluding hydrogens is 228 g/mol. The Morgan fingerprint density at radius 1 is 1.42 bits per heavy atom. The zero-order valence-electron chi connectivity index (χ0n) is 6.44. The van der Waals surface area contributed by atoms with E-state index in [2.05, 4.69) is 15.9 Å². The minimum atomic E-state index is -0.503. The molecule has 0 aliphatic rings. The van der Waals surface area contributed by atoms with Crippen molar-refractivity contribution in [1.29, 1.82) is 0 Å². The van der Waals surface area contributed by atoms with Crippen molar-refractivity contribution in [2.45, 2.75) is 13.0 Å². The van der Waals surface area contributed by atoms with Gasteiger partial charge >= 0.3 is 0 Å². The zero-order chi connectivity index (χ0) is 9.30. The smallest absolute Gasteiger partial charge is 0.142 e. The minimum Gasteiger partial charge on any atom is -0.324 e. The van der Waals surface area contributed by atoms with Gasteiger partial charge in [0.1, 0.15) is 11.6 Å². The van der Waals surface area contributed by atoms with Gasteiger partial charge in [0, 0.05) is 11.6 Å². The topological polar surface area (TPSA) is 26.0 Å². The second-order valence-corrected chi connectivity index (χ2v) is 3.43. The zero-order valence-corrected chi connectivity index (χ0v) is 8.03. The highest BCUT2D eigenvalue weighted by atomic mass is 79.9. The molecule has 0 aliphatic heterocycles. The summed E-state index contributed by atoms with van der Waals surface area (Å²) >= 11 is 2.89. The summed E-state index contributed by atoms with van der Waals surface area (Å²) in [6.07, 6.45) is 0. The number of benzene rings is 1. The summed E-state index contributed by atoms with van der Waals surface area (Å²) in [6.45, 7) is 1.60. The van der Waals surface area contributed by atoms with Crippen LogP contribution in [0.1, 0.15) is 18.5 Å². The van der Waals surface area contributed by atoms with Crippen LogP contribution in [0.3, 0.4) is 0 Å². The van der Waals surface area contributed by atoms with Crippen LogP contribution in [0.4, 0.5) is 8.78 Å². The standard InChI is InChI=1S/C8H8BrF2N/c1-4(12)6-2-5(10)3-7(9)8(6)11/h2-4H,12H2,1H3. The van der Waals surface area contributed by atoms with E-state index in [1.807, 2.05) is 0 Å².